The van der Waals surface area contributed by atoms with E-state index in [1.54, 1.807) is 28.8 Å². The van der Waals surface area contributed by atoms with Gasteiger partial charge in [-0.05, 0) is 54.9 Å². The number of aryl methyl sites for hydroxylation is 1. The largest absolute Gasteiger partial charge is 0.483 e. The Morgan fingerprint density at radius 3 is 2.59 bits per heavy atom. The van der Waals surface area contributed by atoms with E-state index >= 15 is 0 Å². The van der Waals surface area contributed by atoms with Crippen molar-refractivity contribution in [3.8, 4) is 0 Å². The molecule has 0 aromatic carbocycles. The van der Waals surface area contributed by atoms with Crippen LogP contribution in [0.15, 0.2) is 18.3 Å². The maximum atomic E-state index is 10.3. The number of carboxylic acid groups (broad SMARTS) is 1. The Morgan fingerprint density at radius 2 is 2.07 bits per heavy atom. The van der Waals surface area contributed by atoms with Gasteiger partial charge in [0.2, 0.25) is 0 Å². The second kappa shape index (κ2) is 10.8. The smallest absolute Gasteiger partial charge is 0.290 e. The van der Waals surface area contributed by atoms with Crippen LogP contribution in [0.25, 0.3) is 0 Å². The number of fused-ring (bicyclic) bond motifs is 1. The average molecular weight is 392 g/mol. The highest BCUT2D eigenvalue weighted by atomic mass is 32.1. The Hall–Kier alpha value is -2.25. The predicted molar refractivity (Wildman–Crippen MR) is 111 cm³/mol. The number of rotatable bonds is 3. The first-order valence-electron chi connectivity index (χ1n) is 8.79. The number of pyridine rings is 1. The van der Waals surface area contributed by atoms with Crippen LogP contribution < -0.4 is 11.1 Å². The van der Waals surface area contributed by atoms with E-state index in [0.717, 1.165) is 6.29 Å². The van der Waals surface area contributed by atoms with Gasteiger partial charge in [-0.1, -0.05) is 13.8 Å². The molecule has 0 fully saturated rings. The third-order valence-electron chi connectivity index (χ3n) is 4.51. The molecule has 3 rings (SSSR count). The SMILES string of the molecule is CNc1sc2c(c1C)CC(C)(C)CC2.NCc1ncccc1C=O.O=CO. The Bertz CT molecular complexity index is 757. The molecule has 0 unspecified atom stereocenters. The van der Waals surface area contributed by atoms with E-state index in [4.69, 9.17) is 15.6 Å². The lowest BCUT2D eigenvalue weighted by molar-refractivity contribution is -0.122. The molecular weight excluding hydrogens is 362 g/mol. The summed E-state index contributed by atoms with van der Waals surface area (Å²) in [4.78, 5) is 24.2. The zero-order chi connectivity index (χ0) is 20.4. The summed E-state index contributed by atoms with van der Waals surface area (Å²) >= 11 is 1.95. The normalized spacial score (nSPS) is 13.8. The fraction of sp³-hybridized carbons (Fsp3) is 0.450. The molecule has 148 valence electrons. The van der Waals surface area contributed by atoms with Crippen LogP contribution in [0.1, 0.15) is 52.3 Å². The number of thiophene rings is 1. The maximum Gasteiger partial charge on any atom is 0.290 e. The highest BCUT2D eigenvalue weighted by Crippen LogP contribution is 2.43. The molecule has 1 aliphatic carbocycles. The van der Waals surface area contributed by atoms with E-state index in [0.29, 0.717) is 23.2 Å². The van der Waals surface area contributed by atoms with Crippen molar-refractivity contribution in [3.05, 3.63) is 45.6 Å². The molecule has 2 heterocycles. The van der Waals surface area contributed by atoms with Crippen molar-refractivity contribution in [1.29, 1.82) is 0 Å². The van der Waals surface area contributed by atoms with Crippen LogP contribution in [-0.4, -0.2) is 29.9 Å². The van der Waals surface area contributed by atoms with Crippen molar-refractivity contribution < 1.29 is 14.7 Å². The third-order valence-corrected chi connectivity index (χ3v) is 5.92. The highest BCUT2D eigenvalue weighted by molar-refractivity contribution is 7.16. The Morgan fingerprint density at radius 1 is 1.41 bits per heavy atom. The Kier molecular flexibility index (Phi) is 9.11. The molecule has 6 nitrogen and oxygen atoms in total. The monoisotopic (exact) mass is 391 g/mol. The number of nitrogens with two attached hydrogens (primary N) is 1. The number of aldehydes is 1. The molecule has 0 saturated carbocycles. The molecule has 0 atom stereocenters. The van der Waals surface area contributed by atoms with Crippen LogP contribution in [0.3, 0.4) is 0 Å². The van der Waals surface area contributed by atoms with E-state index in [9.17, 15) is 4.79 Å². The molecule has 0 saturated heterocycles. The minimum absolute atomic E-state index is 0.250. The molecule has 0 amide bonds. The number of carbonyl (C=O) groups is 2. The first-order chi connectivity index (χ1) is 12.8. The van der Waals surface area contributed by atoms with Gasteiger partial charge in [0.15, 0.2) is 6.29 Å². The summed E-state index contributed by atoms with van der Waals surface area (Å²) in [5.74, 6) is 0. The first-order valence-corrected chi connectivity index (χ1v) is 9.61. The van der Waals surface area contributed by atoms with Crippen LogP contribution in [0.4, 0.5) is 5.00 Å². The highest BCUT2D eigenvalue weighted by Gasteiger charge is 2.28. The van der Waals surface area contributed by atoms with E-state index in [-0.39, 0.29) is 6.47 Å². The topological polar surface area (TPSA) is 105 Å². The number of carbonyl (C=O) groups excluding carboxylic acids is 1. The quantitative estimate of drug-likeness (QED) is 0.690. The van der Waals surface area contributed by atoms with Crippen molar-refractivity contribution in [3.63, 3.8) is 0 Å². The van der Waals surface area contributed by atoms with Gasteiger partial charge >= 0.3 is 0 Å². The number of nitrogens with one attached hydrogen (secondary N) is 1. The van der Waals surface area contributed by atoms with Crippen LogP contribution in [0, 0.1) is 12.3 Å². The lowest BCUT2D eigenvalue weighted by Gasteiger charge is -2.29. The van der Waals surface area contributed by atoms with E-state index in [2.05, 4.69) is 31.1 Å². The Labute approximate surface area is 164 Å². The van der Waals surface area contributed by atoms with Crippen molar-refractivity contribution >= 4 is 29.1 Å². The summed E-state index contributed by atoms with van der Waals surface area (Å²) in [5.41, 5.74) is 10.1. The summed E-state index contributed by atoms with van der Waals surface area (Å²) in [5, 5.41) is 11.6. The van der Waals surface area contributed by atoms with Gasteiger partial charge in [0, 0.05) is 30.2 Å². The molecule has 1 aliphatic rings. The van der Waals surface area contributed by atoms with Crippen molar-refractivity contribution in [2.75, 3.05) is 12.4 Å². The number of hydrogen-bond acceptors (Lipinski definition) is 6. The van der Waals surface area contributed by atoms with Gasteiger partial charge in [-0.3, -0.25) is 14.6 Å². The zero-order valence-electron chi connectivity index (χ0n) is 16.4. The second-order valence-electron chi connectivity index (χ2n) is 7.02. The lowest BCUT2D eigenvalue weighted by atomic mass is 9.76. The van der Waals surface area contributed by atoms with Crippen molar-refractivity contribution in [2.45, 2.75) is 46.6 Å². The average Bonchev–Trinajstić information content (AvgIpc) is 2.97. The summed E-state index contributed by atoms with van der Waals surface area (Å²) < 4.78 is 0. The second-order valence-corrected chi connectivity index (χ2v) is 8.12. The molecule has 27 heavy (non-hydrogen) atoms. The van der Waals surface area contributed by atoms with Crippen LogP contribution in [-0.2, 0) is 24.2 Å². The molecule has 0 bridgehead atoms. The fourth-order valence-electron chi connectivity index (χ4n) is 3.03. The first kappa shape index (κ1) is 22.8. The molecule has 4 N–H and O–H groups in total. The molecular formula is C20H29N3O3S. The molecule has 7 heteroatoms. The summed E-state index contributed by atoms with van der Waals surface area (Å²) in [6.45, 7) is 7.08. The van der Waals surface area contributed by atoms with Crippen molar-refractivity contribution in [1.82, 2.24) is 4.98 Å². The number of hydrogen-bond donors (Lipinski definition) is 3. The van der Waals surface area contributed by atoms with Crippen LogP contribution >= 0.6 is 11.3 Å². The van der Waals surface area contributed by atoms with Gasteiger partial charge in [0.25, 0.3) is 6.47 Å². The number of aromatic nitrogens is 1. The third kappa shape index (κ3) is 6.45. The van der Waals surface area contributed by atoms with Gasteiger partial charge in [-0.25, -0.2) is 0 Å². The minimum atomic E-state index is -0.250. The standard InChI is InChI=1S/C12H19NS.C7H8N2O.CH2O2/c1-8-9-7-12(2,3)6-5-10(9)14-11(8)13-4;8-4-7-6(5-10)2-1-3-9-7;2-1-3/h13H,5-7H2,1-4H3;1-3,5H,4,8H2;1H,(H,2,3). The van der Waals surface area contributed by atoms with Gasteiger partial charge < -0.3 is 16.2 Å². The number of nitrogens with zero attached hydrogens (tertiary/aromatic N) is 1. The number of anilines is 1. The van der Waals surface area contributed by atoms with E-state index in [1.807, 2.05) is 18.4 Å². The van der Waals surface area contributed by atoms with Gasteiger partial charge in [-0.15, -0.1) is 11.3 Å². The van der Waals surface area contributed by atoms with Crippen LogP contribution in [0.5, 0.6) is 0 Å². The minimum Gasteiger partial charge on any atom is -0.483 e. The molecule has 2 aromatic heterocycles. The molecule has 0 spiro atoms. The van der Waals surface area contributed by atoms with Crippen molar-refractivity contribution in [2.24, 2.45) is 11.1 Å². The predicted octanol–water partition coefficient (Wildman–Crippen LogP) is 3.67. The lowest BCUT2D eigenvalue weighted by Crippen LogP contribution is -2.21. The molecule has 0 radical (unpaired) electrons. The van der Waals surface area contributed by atoms with E-state index in [1.165, 1.54) is 29.8 Å². The van der Waals surface area contributed by atoms with Gasteiger partial charge in [-0.2, -0.15) is 0 Å². The molecule has 2 aromatic rings. The zero-order valence-corrected chi connectivity index (χ0v) is 17.2. The van der Waals surface area contributed by atoms with Gasteiger partial charge in [0.05, 0.1) is 10.7 Å². The Balaban J connectivity index is 0.000000246. The van der Waals surface area contributed by atoms with Gasteiger partial charge in [0.1, 0.15) is 0 Å². The summed E-state index contributed by atoms with van der Waals surface area (Å²) in [6, 6.07) is 3.41. The maximum absolute atomic E-state index is 10.3. The fourth-order valence-corrected chi connectivity index (χ4v) is 4.20. The van der Waals surface area contributed by atoms with Crippen LogP contribution in [0.2, 0.25) is 0 Å². The summed E-state index contributed by atoms with van der Waals surface area (Å²) in [6.07, 6.45) is 6.25. The molecule has 0 aliphatic heterocycles. The summed E-state index contributed by atoms with van der Waals surface area (Å²) in [7, 11) is 2.02. The van der Waals surface area contributed by atoms with E-state index < -0.39 is 0 Å².